The molecule has 0 bridgehead atoms. The number of rotatable bonds is 18. The second-order valence-corrected chi connectivity index (χ2v) is 19.0. The van der Waals surface area contributed by atoms with Crippen molar-refractivity contribution in [2.75, 3.05) is 44.9 Å². The van der Waals surface area contributed by atoms with Crippen LogP contribution in [0.1, 0.15) is 109 Å². The molecule has 356 valence electrons. The number of unbranched alkanes of at least 4 members (excludes halogenated alkanes) is 2. The van der Waals surface area contributed by atoms with E-state index in [0.29, 0.717) is 57.2 Å². The molecule has 0 radical (unpaired) electrons. The van der Waals surface area contributed by atoms with Gasteiger partial charge in [0.15, 0.2) is 5.71 Å². The number of fused-ring (bicyclic) bond motifs is 3. The van der Waals surface area contributed by atoms with Crippen LogP contribution in [-0.2, 0) is 44.2 Å². The molecule has 67 heavy (non-hydrogen) atoms. The first-order valence-electron chi connectivity index (χ1n) is 23.1. The van der Waals surface area contributed by atoms with Gasteiger partial charge in [-0.1, -0.05) is 74.6 Å². The Labute approximate surface area is 395 Å². The normalized spacial score (nSPS) is 17.8. The molecule has 3 aromatic rings. The van der Waals surface area contributed by atoms with Crippen LogP contribution in [0, 0.1) is 0 Å². The van der Waals surface area contributed by atoms with Gasteiger partial charge in [0, 0.05) is 85.5 Å². The van der Waals surface area contributed by atoms with Gasteiger partial charge in [-0.3, -0.25) is 14.1 Å². The fourth-order valence-electron chi connectivity index (χ4n) is 8.92. The number of carbonyl (C=O) groups is 3. The standard InChI is InChI=1S/C51H57N3O10S.C2H6/c1-35-34-50(2,3)53(26-27-62-29-28-61-6)43-33-45-40(32-39(35)43)37(30-44(63-45)36-16-10-7-11-17-36)18-12-8-13-19-46-51(4,5)41-31-38(65(58,59)60)21-22-42(41)52(46)25-15-9-14-20-49(57)64-54-47(55)23-24-48(54)56;1-2/h7-8,10-13,16-19,21-22,30-34H,9,14-15,20,23-29H2,1-6H3;1-2H3/p+1. The third-order valence-corrected chi connectivity index (χ3v) is 13.1. The number of benzene rings is 3. The zero-order valence-electron chi connectivity index (χ0n) is 40.0. The quantitative estimate of drug-likeness (QED) is 0.0427. The van der Waals surface area contributed by atoms with Gasteiger partial charge in [-0.05, 0) is 82.9 Å². The first-order chi connectivity index (χ1) is 32.0. The maximum atomic E-state index is 12.4. The van der Waals surface area contributed by atoms with E-state index < -0.39 is 33.3 Å². The van der Waals surface area contributed by atoms with Crippen LogP contribution in [0.15, 0.2) is 108 Å². The minimum absolute atomic E-state index is 0.0361. The summed E-state index contributed by atoms with van der Waals surface area (Å²) in [6, 6.07) is 19.0. The number of hydroxylamine groups is 2. The smallest absolute Gasteiger partial charge is 0.333 e. The van der Waals surface area contributed by atoms with E-state index in [1.54, 1.807) is 13.2 Å². The van der Waals surface area contributed by atoms with Gasteiger partial charge in [-0.15, -0.1) is 5.06 Å². The highest BCUT2D eigenvalue weighted by molar-refractivity contribution is 7.85. The number of hydrogen-bond acceptors (Lipinski definition) is 10. The average Bonchev–Trinajstić information content (AvgIpc) is 3.72. The Bertz CT molecular complexity index is 2640. The largest absolute Gasteiger partial charge is 0.456 e. The molecular weight excluding hydrogens is 871 g/mol. The molecule has 14 heteroatoms. The Balaban J connectivity index is 0.00000365. The summed E-state index contributed by atoms with van der Waals surface area (Å²) in [5, 5.41) is 0.565. The van der Waals surface area contributed by atoms with E-state index in [1.165, 1.54) is 17.7 Å². The number of carbonyl (C=O) groups excluding carboxylic acids is 3. The number of allylic oxidation sites excluding steroid dienone is 8. The topological polar surface area (TPSA) is 152 Å². The zero-order chi connectivity index (χ0) is 48.5. The number of ether oxygens (including phenoxy) is 3. The molecule has 0 atom stereocenters. The third kappa shape index (κ3) is 11.6. The van der Waals surface area contributed by atoms with Crippen molar-refractivity contribution in [2.24, 2.45) is 0 Å². The molecule has 0 spiro atoms. The van der Waals surface area contributed by atoms with Crippen molar-refractivity contribution in [2.45, 2.75) is 103 Å². The molecule has 4 heterocycles. The SMILES string of the molecule is CC.COCCOCCN1c2cc3c(cc2C(C)=CC1(C)C)/C(=C/C=C/C=C/C1=[N+](CCCCCC(=O)ON2C(=O)CCC2=O)c2ccc(S(=O)(=O)O)cc2C1(C)C)C=C(c1ccccc1)O3. The van der Waals surface area contributed by atoms with Crippen molar-refractivity contribution in [1.29, 1.82) is 0 Å². The minimum atomic E-state index is -4.44. The molecule has 0 unspecified atom stereocenters. The monoisotopic (exact) mass is 934 g/mol. The highest BCUT2D eigenvalue weighted by Crippen LogP contribution is 2.47. The van der Waals surface area contributed by atoms with Crippen molar-refractivity contribution in [3.05, 3.63) is 125 Å². The minimum Gasteiger partial charge on any atom is -0.456 e. The fourth-order valence-corrected chi connectivity index (χ4v) is 9.43. The predicted octanol–water partition coefficient (Wildman–Crippen LogP) is 9.80. The lowest BCUT2D eigenvalue weighted by atomic mass is 9.81. The van der Waals surface area contributed by atoms with Crippen LogP contribution in [0.5, 0.6) is 5.75 Å². The highest BCUT2D eigenvalue weighted by atomic mass is 32.2. The predicted molar refractivity (Wildman–Crippen MR) is 262 cm³/mol. The maximum absolute atomic E-state index is 12.4. The van der Waals surface area contributed by atoms with E-state index in [-0.39, 0.29) is 29.7 Å². The molecule has 4 aliphatic rings. The number of methoxy groups -OCH3 is 1. The van der Waals surface area contributed by atoms with Crippen molar-refractivity contribution < 1.29 is 51.0 Å². The fraction of sp³-hybridized carbons (Fsp3) is 0.396. The zero-order valence-corrected chi connectivity index (χ0v) is 40.8. The van der Waals surface area contributed by atoms with Crippen LogP contribution in [0.2, 0.25) is 0 Å². The maximum Gasteiger partial charge on any atom is 0.333 e. The van der Waals surface area contributed by atoms with E-state index in [0.717, 1.165) is 56.4 Å². The average molecular weight is 935 g/mol. The summed E-state index contributed by atoms with van der Waals surface area (Å²) in [5.74, 6) is -0.170. The van der Waals surface area contributed by atoms with Crippen molar-refractivity contribution in [3.8, 4) is 5.75 Å². The molecule has 13 nitrogen and oxygen atoms in total. The van der Waals surface area contributed by atoms with E-state index in [1.807, 2.05) is 82.3 Å². The summed E-state index contributed by atoms with van der Waals surface area (Å²) in [7, 11) is -2.77. The van der Waals surface area contributed by atoms with Crippen molar-refractivity contribution >= 4 is 61.9 Å². The summed E-state index contributed by atoms with van der Waals surface area (Å²) >= 11 is 0. The molecule has 7 rings (SSSR count). The number of nitrogens with zero attached hydrogens (tertiary/aromatic N) is 3. The van der Waals surface area contributed by atoms with Crippen LogP contribution in [-0.4, -0.2) is 91.7 Å². The van der Waals surface area contributed by atoms with Gasteiger partial charge in [0.2, 0.25) is 5.69 Å². The second-order valence-electron chi connectivity index (χ2n) is 17.6. The molecule has 2 amide bonds. The van der Waals surface area contributed by atoms with Crippen LogP contribution < -0.4 is 9.64 Å². The lowest BCUT2D eigenvalue weighted by Gasteiger charge is -2.44. The first-order valence-corrected chi connectivity index (χ1v) is 24.5. The van der Waals surface area contributed by atoms with Gasteiger partial charge >= 0.3 is 5.97 Å². The van der Waals surface area contributed by atoms with Crippen LogP contribution in [0.4, 0.5) is 11.4 Å². The number of amides is 2. The Hall–Kier alpha value is -5.93. The van der Waals surface area contributed by atoms with E-state index >= 15 is 0 Å². The van der Waals surface area contributed by atoms with Crippen molar-refractivity contribution in [1.82, 2.24) is 5.06 Å². The highest BCUT2D eigenvalue weighted by Gasteiger charge is 2.45. The molecule has 3 aromatic carbocycles. The van der Waals surface area contributed by atoms with Crippen LogP contribution in [0.25, 0.3) is 16.9 Å². The molecule has 0 aliphatic carbocycles. The summed E-state index contributed by atoms with van der Waals surface area (Å²) in [4.78, 5) is 43.3. The number of imide groups is 1. The lowest BCUT2D eigenvalue weighted by Crippen LogP contribution is -2.46. The van der Waals surface area contributed by atoms with Crippen LogP contribution in [0.3, 0.4) is 0 Å². The Kier molecular flexibility index (Phi) is 16.4. The lowest BCUT2D eigenvalue weighted by molar-refractivity contribution is -0.438. The molecule has 1 saturated heterocycles. The van der Waals surface area contributed by atoms with Crippen LogP contribution >= 0.6 is 0 Å². The molecule has 0 aromatic heterocycles. The summed E-state index contributed by atoms with van der Waals surface area (Å²) in [5.41, 5.74) is 7.91. The van der Waals surface area contributed by atoms with Gasteiger partial charge < -0.3 is 23.9 Å². The van der Waals surface area contributed by atoms with Gasteiger partial charge in [-0.2, -0.15) is 13.0 Å². The molecule has 1 fully saturated rings. The van der Waals surface area contributed by atoms with Gasteiger partial charge in [0.1, 0.15) is 18.1 Å². The summed E-state index contributed by atoms with van der Waals surface area (Å²) in [6.07, 6.45) is 16.3. The van der Waals surface area contributed by atoms with E-state index in [2.05, 4.69) is 60.6 Å². The summed E-state index contributed by atoms with van der Waals surface area (Å²) in [6.45, 7) is 17.5. The van der Waals surface area contributed by atoms with Gasteiger partial charge in [0.05, 0.1) is 35.7 Å². The Morgan fingerprint density at radius 1 is 0.896 bits per heavy atom. The molecule has 0 saturated carbocycles. The van der Waals surface area contributed by atoms with Gasteiger partial charge in [0.25, 0.3) is 21.9 Å². The van der Waals surface area contributed by atoms with E-state index in [9.17, 15) is 27.4 Å². The number of hydrogen-bond donors (Lipinski definition) is 1. The summed E-state index contributed by atoms with van der Waals surface area (Å²) < 4.78 is 54.2. The number of anilines is 1. The van der Waals surface area contributed by atoms with Crippen molar-refractivity contribution in [3.63, 3.8) is 0 Å². The molecular formula is C53H64N3O10S+. The Morgan fingerprint density at radius 3 is 2.33 bits per heavy atom. The molecule has 1 N–H and O–H groups in total. The third-order valence-electron chi connectivity index (χ3n) is 12.2. The first kappa shape index (κ1) is 50.5. The van der Waals surface area contributed by atoms with Gasteiger partial charge in [-0.25, -0.2) is 4.79 Å². The molecule has 4 aliphatic heterocycles. The Morgan fingerprint density at radius 2 is 1.63 bits per heavy atom. The van der Waals surface area contributed by atoms with E-state index in [4.69, 9.17) is 19.0 Å². The second kappa shape index (κ2) is 21.8.